The Morgan fingerprint density at radius 1 is 0.943 bits per heavy atom. The molecule has 0 atom stereocenters. The van der Waals surface area contributed by atoms with E-state index in [2.05, 4.69) is 25.3 Å². The fourth-order valence-corrected chi connectivity index (χ4v) is 5.65. The first kappa shape index (κ1) is 25.0. The van der Waals surface area contributed by atoms with Crippen molar-refractivity contribution in [2.75, 3.05) is 17.2 Å². The van der Waals surface area contributed by atoms with E-state index in [0.29, 0.717) is 36.0 Å². The zero-order chi connectivity index (χ0) is 25.2. The Morgan fingerprint density at radius 2 is 1.63 bits per heavy atom. The van der Waals surface area contributed by atoms with E-state index in [9.17, 15) is 16.8 Å². The predicted octanol–water partition coefficient (Wildman–Crippen LogP) is 2.85. The normalized spacial score (nSPS) is 14.0. The molecule has 0 aliphatic heterocycles. The standard InChI is InChI=1S/C23H28N6O4S2/c1-15-3-6-19(13-21(15)34(24,30)31)28-23-25-14-16(2)22(29-23)27-18-7-4-17(5-8-18)11-12-26-35(32,33)20-9-10-20/h3-8,13-14,20,26H,9-12H2,1-2H3,(H2,24,30,31)(H2,25,27,28,29). The Bertz CT molecular complexity index is 1440. The number of aromatic nitrogens is 2. The van der Waals surface area contributed by atoms with E-state index < -0.39 is 20.0 Å². The van der Waals surface area contributed by atoms with Crippen molar-refractivity contribution in [3.8, 4) is 0 Å². The van der Waals surface area contributed by atoms with Gasteiger partial charge in [0.2, 0.25) is 26.0 Å². The number of sulfonamides is 2. The molecule has 1 heterocycles. The number of anilines is 4. The van der Waals surface area contributed by atoms with E-state index in [0.717, 1.165) is 29.7 Å². The van der Waals surface area contributed by atoms with Crippen molar-refractivity contribution >= 4 is 43.2 Å². The predicted molar refractivity (Wildman–Crippen MR) is 136 cm³/mol. The topological polar surface area (TPSA) is 156 Å². The van der Waals surface area contributed by atoms with Crippen molar-refractivity contribution in [1.29, 1.82) is 0 Å². The first-order valence-electron chi connectivity index (χ1n) is 11.1. The molecule has 10 nitrogen and oxygen atoms in total. The van der Waals surface area contributed by atoms with Crippen LogP contribution in [0.15, 0.2) is 53.6 Å². The minimum atomic E-state index is -3.85. The van der Waals surface area contributed by atoms with E-state index >= 15 is 0 Å². The molecule has 0 radical (unpaired) electrons. The third-order valence-corrected chi connectivity index (χ3v) is 8.63. The Hall–Kier alpha value is -3.06. The first-order valence-corrected chi connectivity index (χ1v) is 14.2. The molecule has 5 N–H and O–H groups in total. The maximum atomic E-state index is 11.9. The molecule has 1 aliphatic rings. The summed E-state index contributed by atoms with van der Waals surface area (Å²) in [5.41, 5.74) is 3.70. The second-order valence-electron chi connectivity index (χ2n) is 8.59. The fraction of sp³-hybridized carbons (Fsp3) is 0.304. The van der Waals surface area contributed by atoms with Gasteiger partial charge in [-0.05, 0) is 68.5 Å². The molecule has 4 rings (SSSR count). The molecule has 0 bridgehead atoms. The Balaban J connectivity index is 1.41. The van der Waals surface area contributed by atoms with Crippen LogP contribution in [0, 0.1) is 13.8 Å². The number of hydrogen-bond acceptors (Lipinski definition) is 8. The second-order valence-corrected chi connectivity index (χ2v) is 12.2. The molecule has 1 fully saturated rings. The van der Waals surface area contributed by atoms with Crippen LogP contribution in [0.3, 0.4) is 0 Å². The molecule has 1 saturated carbocycles. The number of primary sulfonamides is 1. The van der Waals surface area contributed by atoms with Crippen LogP contribution in [0.5, 0.6) is 0 Å². The second kappa shape index (κ2) is 9.90. The van der Waals surface area contributed by atoms with Gasteiger partial charge in [-0.25, -0.2) is 31.7 Å². The van der Waals surface area contributed by atoms with Gasteiger partial charge in [-0.2, -0.15) is 4.98 Å². The van der Waals surface area contributed by atoms with E-state index in [4.69, 9.17) is 5.14 Å². The van der Waals surface area contributed by atoms with Crippen LogP contribution in [0.4, 0.5) is 23.1 Å². The minimum absolute atomic E-state index is 0.0355. The zero-order valence-electron chi connectivity index (χ0n) is 19.4. The van der Waals surface area contributed by atoms with Crippen molar-refractivity contribution in [2.24, 2.45) is 5.14 Å². The van der Waals surface area contributed by atoms with Gasteiger partial charge in [-0.15, -0.1) is 0 Å². The molecule has 2 aromatic carbocycles. The average Bonchev–Trinajstić information content (AvgIpc) is 3.64. The van der Waals surface area contributed by atoms with Gasteiger partial charge < -0.3 is 10.6 Å². The van der Waals surface area contributed by atoms with Crippen LogP contribution in [0.25, 0.3) is 0 Å². The van der Waals surface area contributed by atoms with Crippen LogP contribution in [0.2, 0.25) is 0 Å². The molecule has 0 unspecified atom stereocenters. The lowest BCUT2D eigenvalue weighted by Crippen LogP contribution is -2.29. The number of hydrogen-bond donors (Lipinski definition) is 4. The third kappa shape index (κ3) is 6.54. The Labute approximate surface area is 205 Å². The summed E-state index contributed by atoms with van der Waals surface area (Å²) in [5, 5.41) is 11.3. The van der Waals surface area contributed by atoms with Crippen molar-refractivity contribution < 1.29 is 16.8 Å². The molecule has 12 heteroatoms. The number of aryl methyl sites for hydroxylation is 2. The summed E-state index contributed by atoms with van der Waals surface area (Å²) in [5.74, 6) is 0.883. The van der Waals surface area contributed by atoms with Crippen LogP contribution < -0.4 is 20.5 Å². The molecular formula is C23H28N6O4S2. The zero-order valence-corrected chi connectivity index (χ0v) is 21.1. The molecule has 1 aliphatic carbocycles. The molecule has 0 saturated heterocycles. The smallest absolute Gasteiger partial charge is 0.238 e. The highest BCUT2D eigenvalue weighted by atomic mass is 32.2. The number of nitrogens with one attached hydrogen (secondary N) is 3. The Morgan fingerprint density at radius 3 is 2.29 bits per heavy atom. The summed E-state index contributed by atoms with van der Waals surface area (Å²) in [6.45, 7) is 3.92. The molecule has 186 valence electrons. The molecule has 3 aromatic rings. The number of benzene rings is 2. The van der Waals surface area contributed by atoms with Crippen LogP contribution in [0.1, 0.15) is 29.5 Å². The molecule has 0 amide bonds. The van der Waals surface area contributed by atoms with Crippen LogP contribution in [-0.2, 0) is 26.5 Å². The van der Waals surface area contributed by atoms with Crippen molar-refractivity contribution in [3.63, 3.8) is 0 Å². The SMILES string of the molecule is Cc1ccc(Nc2ncc(C)c(Nc3ccc(CCNS(=O)(=O)C4CC4)cc3)n2)cc1S(N)(=O)=O. The summed E-state index contributed by atoms with van der Waals surface area (Å²) >= 11 is 0. The maximum absolute atomic E-state index is 11.9. The van der Waals surface area contributed by atoms with E-state index in [1.54, 1.807) is 25.3 Å². The lowest BCUT2D eigenvalue weighted by atomic mass is 10.1. The average molecular weight is 517 g/mol. The lowest BCUT2D eigenvalue weighted by Gasteiger charge is -2.12. The van der Waals surface area contributed by atoms with Gasteiger partial charge in [-0.1, -0.05) is 18.2 Å². The summed E-state index contributed by atoms with van der Waals surface area (Å²) in [6.07, 6.45) is 3.75. The molecule has 0 spiro atoms. The van der Waals surface area contributed by atoms with E-state index in [1.165, 1.54) is 6.07 Å². The van der Waals surface area contributed by atoms with Gasteiger partial charge in [-0.3, -0.25) is 0 Å². The van der Waals surface area contributed by atoms with Gasteiger partial charge >= 0.3 is 0 Å². The van der Waals surface area contributed by atoms with Crippen LogP contribution >= 0.6 is 0 Å². The highest BCUT2D eigenvalue weighted by Gasteiger charge is 2.35. The van der Waals surface area contributed by atoms with Gasteiger partial charge in [0, 0.05) is 29.7 Å². The highest BCUT2D eigenvalue weighted by Crippen LogP contribution is 2.27. The largest absolute Gasteiger partial charge is 0.340 e. The van der Waals surface area contributed by atoms with Crippen molar-refractivity contribution in [2.45, 2.75) is 43.3 Å². The van der Waals surface area contributed by atoms with Crippen molar-refractivity contribution in [1.82, 2.24) is 14.7 Å². The third-order valence-electron chi connectivity index (χ3n) is 5.62. The fourth-order valence-electron chi connectivity index (χ4n) is 3.47. The summed E-state index contributed by atoms with van der Waals surface area (Å²) in [6, 6.07) is 12.5. The lowest BCUT2D eigenvalue weighted by molar-refractivity contribution is 0.580. The van der Waals surface area contributed by atoms with E-state index in [-0.39, 0.29) is 10.1 Å². The van der Waals surface area contributed by atoms with Gasteiger partial charge in [0.1, 0.15) is 5.82 Å². The highest BCUT2D eigenvalue weighted by molar-refractivity contribution is 7.90. The number of nitrogens with two attached hydrogens (primary N) is 1. The maximum Gasteiger partial charge on any atom is 0.238 e. The minimum Gasteiger partial charge on any atom is -0.340 e. The number of nitrogens with zero attached hydrogens (tertiary/aromatic N) is 2. The number of rotatable bonds is 10. The molecular weight excluding hydrogens is 488 g/mol. The van der Waals surface area contributed by atoms with Crippen LogP contribution in [-0.4, -0.2) is 38.6 Å². The monoisotopic (exact) mass is 516 g/mol. The van der Waals surface area contributed by atoms with E-state index in [1.807, 2.05) is 31.2 Å². The van der Waals surface area contributed by atoms with Gasteiger partial charge in [0.25, 0.3) is 0 Å². The quantitative estimate of drug-likeness (QED) is 0.320. The molecule has 1 aromatic heterocycles. The summed E-state index contributed by atoms with van der Waals surface area (Å²) < 4.78 is 50.1. The summed E-state index contributed by atoms with van der Waals surface area (Å²) in [7, 11) is -7.02. The summed E-state index contributed by atoms with van der Waals surface area (Å²) in [4.78, 5) is 8.82. The first-order chi connectivity index (χ1) is 16.5. The van der Waals surface area contributed by atoms with Gasteiger partial charge in [0.15, 0.2) is 0 Å². The Kier molecular flexibility index (Phi) is 7.08. The molecule has 35 heavy (non-hydrogen) atoms. The van der Waals surface area contributed by atoms with Gasteiger partial charge in [0.05, 0.1) is 10.1 Å². The van der Waals surface area contributed by atoms with Crippen molar-refractivity contribution in [3.05, 3.63) is 65.4 Å².